The maximum atomic E-state index is 6.11. The van der Waals surface area contributed by atoms with E-state index in [0.29, 0.717) is 29.9 Å². The standard InChI is InChI=1S/C20H22ClN5O2/c21-17-5-1-2-6-18(17)27-13-12-25-8-10-26(11-9-25)15-19-23-20(24-28-19)16-4-3-7-22-14-16/h1-7,14H,8-13,15H2. The first kappa shape index (κ1) is 18.9. The van der Waals surface area contributed by atoms with E-state index in [-0.39, 0.29) is 0 Å². The Balaban J connectivity index is 1.20. The molecule has 0 atom stereocenters. The Morgan fingerprint density at radius 3 is 2.64 bits per heavy atom. The number of hydrogen-bond acceptors (Lipinski definition) is 7. The second-order valence-electron chi connectivity index (χ2n) is 6.65. The second-order valence-corrected chi connectivity index (χ2v) is 7.06. The average Bonchev–Trinajstić information content (AvgIpc) is 3.20. The quantitative estimate of drug-likeness (QED) is 0.605. The second kappa shape index (κ2) is 9.14. The first-order valence-corrected chi connectivity index (χ1v) is 9.71. The topological polar surface area (TPSA) is 67.5 Å². The number of para-hydroxylation sites is 1. The predicted octanol–water partition coefficient (Wildman–Crippen LogP) is 2.98. The largest absolute Gasteiger partial charge is 0.491 e. The summed E-state index contributed by atoms with van der Waals surface area (Å²) in [5.41, 5.74) is 0.862. The molecular formula is C20H22ClN5O2. The third kappa shape index (κ3) is 4.86. The maximum Gasteiger partial charge on any atom is 0.241 e. The molecule has 8 heteroatoms. The van der Waals surface area contributed by atoms with Gasteiger partial charge in [0.25, 0.3) is 0 Å². The SMILES string of the molecule is Clc1ccccc1OCCN1CCN(Cc2nc(-c3cccnc3)no2)CC1. The van der Waals surface area contributed by atoms with Crippen molar-refractivity contribution < 1.29 is 9.26 Å². The van der Waals surface area contributed by atoms with Crippen LogP contribution in [0.15, 0.2) is 53.3 Å². The summed E-state index contributed by atoms with van der Waals surface area (Å²) in [7, 11) is 0. The zero-order chi connectivity index (χ0) is 19.2. The first-order chi connectivity index (χ1) is 13.8. The van der Waals surface area contributed by atoms with Crippen LogP contribution < -0.4 is 4.74 Å². The van der Waals surface area contributed by atoms with Crippen molar-refractivity contribution in [2.75, 3.05) is 39.3 Å². The van der Waals surface area contributed by atoms with Crippen molar-refractivity contribution in [1.29, 1.82) is 0 Å². The molecular weight excluding hydrogens is 378 g/mol. The molecule has 4 rings (SSSR count). The van der Waals surface area contributed by atoms with E-state index < -0.39 is 0 Å². The van der Waals surface area contributed by atoms with Crippen LogP contribution in [0.5, 0.6) is 5.75 Å². The van der Waals surface area contributed by atoms with E-state index in [2.05, 4.69) is 24.9 Å². The van der Waals surface area contributed by atoms with Gasteiger partial charge in [-0.15, -0.1) is 0 Å². The molecule has 3 aromatic rings. The normalized spacial score (nSPS) is 15.6. The van der Waals surface area contributed by atoms with Crippen LogP contribution in [0.2, 0.25) is 5.02 Å². The van der Waals surface area contributed by atoms with Gasteiger partial charge in [-0.3, -0.25) is 14.8 Å². The number of benzene rings is 1. The molecule has 146 valence electrons. The van der Waals surface area contributed by atoms with Gasteiger partial charge in [0, 0.05) is 50.7 Å². The molecule has 1 saturated heterocycles. The van der Waals surface area contributed by atoms with E-state index in [1.54, 1.807) is 12.4 Å². The maximum absolute atomic E-state index is 6.11. The number of piperazine rings is 1. The zero-order valence-corrected chi connectivity index (χ0v) is 16.3. The molecule has 0 aliphatic carbocycles. The van der Waals surface area contributed by atoms with Gasteiger partial charge in [-0.25, -0.2) is 0 Å². The van der Waals surface area contributed by atoms with Gasteiger partial charge in [-0.05, 0) is 24.3 Å². The Morgan fingerprint density at radius 1 is 1.04 bits per heavy atom. The molecule has 28 heavy (non-hydrogen) atoms. The first-order valence-electron chi connectivity index (χ1n) is 9.33. The van der Waals surface area contributed by atoms with Crippen LogP contribution in [0.3, 0.4) is 0 Å². The highest BCUT2D eigenvalue weighted by atomic mass is 35.5. The minimum atomic E-state index is 0.582. The molecule has 0 unspecified atom stereocenters. The molecule has 0 N–H and O–H groups in total. The van der Waals surface area contributed by atoms with E-state index in [9.17, 15) is 0 Å². The van der Waals surface area contributed by atoms with Gasteiger partial charge < -0.3 is 9.26 Å². The summed E-state index contributed by atoms with van der Waals surface area (Å²) >= 11 is 6.11. The lowest BCUT2D eigenvalue weighted by Gasteiger charge is -2.33. The summed E-state index contributed by atoms with van der Waals surface area (Å²) < 4.78 is 11.2. The lowest BCUT2D eigenvalue weighted by Crippen LogP contribution is -2.47. The third-order valence-corrected chi connectivity index (χ3v) is 5.03. The van der Waals surface area contributed by atoms with E-state index in [4.69, 9.17) is 20.9 Å². The molecule has 1 fully saturated rings. The molecule has 0 amide bonds. The van der Waals surface area contributed by atoms with E-state index in [0.717, 1.165) is 44.0 Å². The molecule has 2 aromatic heterocycles. The predicted molar refractivity (Wildman–Crippen MR) is 106 cm³/mol. The van der Waals surface area contributed by atoms with Crippen LogP contribution in [0, 0.1) is 0 Å². The molecule has 1 aliphatic rings. The number of nitrogens with zero attached hydrogens (tertiary/aromatic N) is 5. The molecule has 0 bridgehead atoms. The summed E-state index contributed by atoms with van der Waals surface area (Å²) in [6.07, 6.45) is 3.46. The minimum absolute atomic E-state index is 0.582. The van der Waals surface area contributed by atoms with Gasteiger partial charge in [0.15, 0.2) is 0 Å². The highest BCUT2D eigenvalue weighted by Gasteiger charge is 2.19. The number of rotatable bonds is 7. The van der Waals surface area contributed by atoms with Gasteiger partial charge in [-0.1, -0.05) is 28.9 Å². The Hall–Kier alpha value is -2.48. The molecule has 3 heterocycles. The summed E-state index contributed by atoms with van der Waals surface area (Å²) in [5, 5.41) is 4.70. The summed E-state index contributed by atoms with van der Waals surface area (Å²) in [4.78, 5) is 13.3. The van der Waals surface area contributed by atoms with Gasteiger partial charge in [0.1, 0.15) is 12.4 Å². The average molecular weight is 400 g/mol. The van der Waals surface area contributed by atoms with Crippen LogP contribution in [-0.4, -0.2) is 64.3 Å². The zero-order valence-electron chi connectivity index (χ0n) is 15.5. The number of halogens is 1. The summed E-state index contributed by atoms with van der Waals surface area (Å²) in [6.45, 7) is 6.04. The molecule has 1 aliphatic heterocycles. The van der Waals surface area contributed by atoms with E-state index in [1.165, 1.54) is 0 Å². The molecule has 0 spiro atoms. The highest BCUT2D eigenvalue weighted by molar-refractivity contribution is 6.32. The third-order valence-electron chi connectivity index (χ3n) is 4.71. The van der Waals surface area contributed by atoms with Crippen LogP contribution in [0.25, 0.3) is 11.4 Å². The monoisotopic (exact) mass is 399 g/mol. The van der Waals surface area contributed by atoms with Gasteiger partial charge in [0.05, 0.1) is 11.6 Å². The minimum Gasteiger partial charge on any atom is -0.491 e. The molecule has 7 nitrogen and oxygen atoms in total. The molecule has 1 aromatic carbocycles. The van der Waals surface area contributed by atoms with Crippen molar-refractivity contribution in [2.24, 2.45) is 0 Å². The Labute approximate surface area is 168 Å². The number of aromatic nitrogens is 3. The molecule has 0 saturated carbocycles. The number of hydrogen-bond donors (Lipinski definition) is 0. The van der Waals surface area contributed by atoms with Crippen molar-refractivity contribution in [3.8, 4) is 17.1 Å². The smallest absolute Gasteiger partial charge is 0.241 e. The lowest BCUT2D eigenvalue weighted by atomic mass is 10.3. The van der Waals surface area contributed by atoms with Crippen molar-refractivity contribution in [3.63, 3.8) is 0 Å². The number of ether oxygens (including phenoxy) is 1. The fraction of sp³-hybridized carbons (Fsp3) is 0.350. The molecule has 0 radical (unpaired) electrons. The summed E-state index contributed by atoms with van der Waals surface area (Å²) in [5.74, 6) is 1.96. The lowest BCUT2D eigenvalue weighted by molar-refractivity contribution is 0.104. The Bertz CT molecular complexity index is 881. The van der Waals surface area contributed by atoms with Crippen LogP contribution in [0.1, 0.15) is 5.89 Å². The van der Waals surface area contributed by atoms with Gasteiger partial charge in [-0.2, -0.15) is 4.98 Å². The Morgan fingerprint density at radius 2 is 1.86 bits per heavy atom. The van der Waals surface area contributed by atoms with E-state index in [1.807, 2.05) is 36.4 Å². The van der Waals surface area contributed by atoms with Crippen molar-refractivity contribution >= 4 is 11.6 Å². The van der Waals surface area contributed by atoms with Crippen molar-refractivity contribution in [1.82, 2.24) is 24.9 Å². The number of pyridine rings is 1. The van der Waals surface area contributed by atoms with Crippen LogP contribution >= 0.6 is 11.6 Å². The summed E-state index contributed by atoms with van der Waals surface area (Å²) in [6, 6.07) is 11.3. The Kier molecular flexibility index (Phi) is 6.16. The van der Waals surface area contributed by atoms with Gasteiger partial charge in [0.2, 0.25) is 11.7 Å². The fourth-order valence-corrected chi connectivity index (χ4v) is 3.33. The highest BCUT2D eigenvalue weighted by Crippen LogP contribution is 2.23. The van der Waals surface area contributed by atoms with Crippen molar-refractivity contribution in [3.05, 3.63) is 59.7 Å². The van der Waals surface area contributed by atoms with Crippen LogP contribution in [0.4, 0.5) is 0 Å². The fourth-order valence-electron chi connectivity index (χ4n) is 3.14. The van der Waals surface area contributed by atoms with Crippen molar-refractivity contribution in [2.45, 2.75) is 6.54 Å². The van der Waals surface area contributed by atoms with Gasteiger partial charge >= 0.3 is 0 Å². The van der Waals surface area contributed by atoms with Crippen LogP contribution in [-0.2, 0) is 6.54 Å². The van der Waals surface area contributed by atoms with E-state index >= 15 is 0 Å².